The van der Waals surface area contributed by atoms with E-state index < -0.39 is 0 Å². The first kappa shape index (κ1) is 26.5. The van der Waals surface area contributed by atoms with Crippen LogP contribution in [0.15, 0.2) is 141 Å². The number of hydrogen-bond donors (Lipinski definition) is 0. The summed E-state index contributed by atoms with van der Waals surface area (Å²) in [5, 5.41) is 6.16. The monoisotopic (exact) mass is 596 g/mol. The lowest BCUT2D eigenvalue weighted by Gasteiger charge is -2.08. The van der Waals surface area contributed by atoms with Gasteiger partial charge in [0.2, 0.25) is 0 Å². The first-order valence-corrected chi connectivity index (χ1v) is 15.5. The lowest BCUT2D eigenvalue weighted by atomic mass is 10.0. The van der Waals surface area contributed by atoms with E-state index in [1.54, 1.807) is 0 Å². The van der Waals surface area contributed by atoms with Crippen LogP contribution in [-0.2, 0) is 0 Å². The second-order valence-corrected chi connectivity index (χ2v) is 12.3. The summed E-state index contributed by atoms with van der Waals surface area (Å²) in [6.45, 7) is 4.25. The number of hydrogen-bond acceptors (Lipinski definition) is 3. The van der Waals surface area contributed by atoms with Crippen LogP contribution < -0.4 is 11.1 Å². The summed E-state index contributed by atoms with van der Waals surface area (Å²) in [6, 6.07) is 41.9. The average Bonchev–Trinajstić information content (AvgIpc) is 3.60. The summed E-state index contributed by atoms with van der Waals surface area (Å²) < 4.78 is 9.82. The van der Waals surface area contributed by atoms with Gasteiger partial charge >= 0.3 is 0 Å². The van der Waals surface area contributed by atoms with Crippen LogP contribution in [0.3, 0.4) is 0 Å². The maximum atomic E-state index is 14.8. The van der Waals surface area contributed by atoms with Gasteiger partial charge in [-0.15, -0.1) is 0 Å². The third kappa shape index (κ3) is 3.75. The fraction of sp³-hybridized carbons (Fsp3) is 0.0732. The molecular weight excluding hydrogens is 568 g/mol. The molecule has 0 bridgehead atoms. The Morgan fingerprint density at radius 2 is 1.07 bits per heavy atom. The van der Waals surface area contributed by atoms with Gasteiger partial charge in [0.25, 0.3) is 11.1 Å². The summed E-state index contributed by atoms with van der Waals surface area (Å²) in [4.78, 5) is 29.4. The number of rotatable bonds is 3. The first-order chi connectivity index (χ1) is 22.5. The van der Waals surface area contributed by atoms with E-state index in [4.69, 9.17) is 4.42 Å². The molecule has 0 N–H and O–H groups in total. The largest absolute Gasteiger partial charge is 0.456 e. The number of fused-ring (bicyclic) bond motifs is 9. The maximum absolute atomic E-state index is 14.8. The second kappa shape index (κ2) is 9.78. The Balaban J connectivity index is 1.51. The summed E-state index contributed by atoms with van der Waals surface area (Å²) in [5.74, 6) is 0.321. The predicted octanol–water partition coefficient (Wildman–Crippen LogP) is 9.62. The number of nitrogens with zero attached hydrogens (tertiary/aromatic N) is 2. The van der Waals surface area contributed by atoms with Crippen LogP contribution in [0.25, 0.3) is 76.7 Å². The zero-order chi connectivity index (χ0) is 31.1. The SMILES string of the molecule is CC(C)c1ccc(-n2c(=O)c3cc4c(cc3c3cc5c6ccccc6n(-c6ccccc6)c5cc3c2=O)oc2ccccc24)cc1. The van der Waals surface area contributed by atoms with Crippen molar-refractivity contribution in [1.82, 2.24) is 9.13 Å². The minimum Gasteiger partial charge on any atom is -0.456 e. The molecule has 46 heavy (non-hydrogen) atoms. The van der Waals surface area contributed by atoms with Gasteiger partial charge in [0.05, 0.1) is 22.1 Å². The van der Waals surface area contributed by atoms with Gasteiger partial charge < -0.3 is 8.98 Å². The first-order valence-electron chi connectivity index (χ1n) is 15.5. The Kier molecular flexibility index (Phi) is 5.63. The summed E-state index contributed by atoms with van der Waals surface area (Å²) in [7, 11) is 0. The normalized spacial score (nSPS) is 12.1. The van der Waals surface area contributed by atoms with Crippen molar-refractivity contribution in [2.45, 2.75) is 19.8 Å². The molecular formula is C41H28N2O3. The van der Waals surface area contributed by atoms with Crippen molar-refractivity contribution in [3.8, 4) is 11.4 Å². The minimum absolute atomic E-state index is 0.321. The quantitative estimate of drug-likeness (QED) is 0.204. The zero-order valence-electron chi connectivity index (χ0n) is 25.3. The fourth-order valence-corrected chi connectivity index (χ4v) is 7.02. The van der Waals surface area contributed by atoms with Gasteiger partial charge in [0.15, 0.2) is 0 Å². The standard InChI is InChI=1S/C41H28N2O3/c1-24(2)25-16-18-27(19-17-25)43-40(44)34-21-33-29-13-7-9-15-38(29)46-39(33)23-31(34)30-20-32-28-12-6-8-14-36(28)42(26-10-4-3-5-11-26)37(32)22-35(30)41(43)45/h3-24H,1-2H3. The highest BCUT2D eigenvalue weighted by atomic mass is 16.3. The van der Waals surface area contributed by atoms with Crippen LogP contribution in [0.1, 0.15) is 25.3 Å². The third-order valence-corrected chi connectivity index (χ3v) is 9.32. The highest BCUT2D eigenvalue weighted by Gasteiger charge is 2.20. The lowest BCUT2D eigenvalue weighted by Crippen LogP contribution is -2.28. The Bertz CT molecular complexity index is 2800. The molecule has 0 radical (unpaired) electrons. The van der Waals surface area contributed by atoms with E-state index >= 15 is 0 Å². The number of benzene rings is 6. The Morgan fingerprint density at radius 3 is 1.83 bits per heavy atom. The van der Waals surface area contributed by atoms with E-state index in [2.05, 4.69) is 48.7 Å². The topological polar surface area (TPSA) is 57.1 Å². The van der Waals surface area contributed by atoms with Gasteiger partial charge in [0.1, 0.15) is 11.2 Å². The van der Waals surface area contributed by atoms with Crippen molar-refractivity contribution in [3.63, 3.8) is 0 Å². The van der Waals surface area contributed by atoms with E-state index in [0.717, 1.165) is 49.4 Å². The van der Waals surface area contributed by atoms with Crippen LogP contribution in [0.5, 0.6) is 0 Å². The molecule has 5 nitrogen and oxygen atoms in total. The highest BCUT2D eigenvalue weighted by molar-refractivity contribution is 6.20. The van der Waals surface area contributed by atoms with Crippen molar-refractivity contribution in [3.05, 3.63) is 154 Å². The van der Waals surface area contributed by atoms with Crippen LogP contribution in [0, 0.1) is 0 Å². The summed E-state index contributed by atoms with van der Waals surface area (Å²) in [5.41, 5.74) is 5.33. The molecule has 3 aromatic heterocycles. The molecule has 0 aliphatic heterocycles. The van der Waals surface area contributed by atoms with Gasteiger partial charge in [-0.05, 0) is 82.9 Å². The molecule has 0 fully saturated rings. The summed E-state index contributed by atoms with van der Waals surface area (Å²) >= 11 is 0. The minimum atomic E-state index is -0.360. The van der Waals surface area contributed by atoms with E-state index in [9.17, 15) is 9.59 Å². The third-order valence-electron chi connectivity index (χ3n) is 9.32. The highest BCUT2D eigenvalue weighted by Crippen LogP contribution is 2.37. The molecule has 9 rings (SSSR count). The molecule has 220 valence electrons. The predicted molar refractivity (Wildman–Crippen MR) is 189 cm³/mol. The molecule has 0 saturated heterocycles. The molecule has 6 aromatic carbocycles. The molecule has 0 atom stereocenters. The second-order valence-electron chi connectivity index (χ2n) is 12.3. The van der Waals surface area contributed by atoms with Gasteiger partial charge in [-0.25, -0.2) is 4.57 Å². The van der Waals surface area contributed by atoms with Gasteiger partial charge in [-0.2, -0.15) is 0 Å². The summed E-state index contributed by atoms with van der Waals surface area (Å²) in [6.07, 6.45) is 0. The molecule has 0 unspecified atom stereocenters. The van der Waals surface area contributed by atoms with Crippen molar-refractivity contribution in [2.24, 2.45) is 0 Å². The van der Waals surface area contributed by atoms with E-state index in [-0.39, 0.29) is 11.1 Å². The van der Waals surface area contributed by atoms with Crippen LogP contribution >= 0.6 is 0 Å². The van der Waals surface area contributed by atoms with Gasteiger partial charge in [0, 0.05) is 32.6 Å². The molecule has 0 aliphatic rings. The Labute approximate surface area is 263 Å². The van der Waals surface area contributed by atoms with E-state index in [1.165, 1.54) is 4.57 Å². The van der Waals surface area contributed by atoms with E-state index in [1.807, 2.05) is 97.1 Å². The van der Waals surface area contributed by atoms with Gasteiger partial charge in [-0.3, -0.25) is 9.59 Å². The van der Waals surface area contributed by atoms with Crippen molar-refractivity contribution in [1.29, 1.82) is 0 Å². The molecule has 3 heterocycles. The van der Waals surface area contributed by atoms with Crippen LogP contribution in [0.4, 0.5) is 0 Å². The van der Waals surface area contributed by atoms with E-state index in [0.29, 0.717) is 38.7 Å². The molecule has 0 spiro atoms. The van der Waals surface area contributed by atoms with Crippen LogP contribution in [0.2, 0.25) is 0 Å². The van der Waals surface area contributed by atoms with Crippen LogP contribution in [-0.4, -0.2) is 9.13 Å². The molecule has 0 aliphatic carbocycles. The number of para-hydroxylation sites is 3. The van der Waals surface area contributed by atoms with Gasteiger partial charge in [-0.1, -0.05) is 80.6 Å². The number of aromatic nitrogens is 2. The molecule has 0 saturated carbocycles. The van der Waals surface area contributed by atoms with Crippen molar-refractivity contribution >= 4 is 65.3 Å². The maximum Gasteiger partial charge on any atom is 0.266 e. The average molecular weight is 597 g/mol. The number of furan rings is 1. The van der Waals surface area contributed by atoms with Crippen molar-refractivity contribution < 1.29 is 4.42 Å². The Morgan fingerprint density at radius 1 is 0.457 bits per heavy atom. The molecule has 5 heteroatoms. The molecule has 9 aromatic rings. The Hall–Kier alpha value is -5.94. The lowest BCUT2D eigenvalue weighted by molar-refractivity contribution is 0.669. The fourth-order valence-electron chi connectivity index (χ4n) is 7.02. The smallest absolute Gasteiger partial charge is 0.266 e. The van der Waals surface area contributed by atoms with Crippen molar-refractivity contribution in [2.75, 3.05) is 0 Å². The molecule has 0 amide bonds. The zero-order valence-corrected chi connectivity index (χ0v) is 25.3.